The maximum atomic E-state index is 13.2. The minimum Gasteiger partial charge on any atom is -0.368 e. The molecule has 0 radical (unpaired) electrons. The molecule has 0 spiro atoms. The zero-order chi connectivity index (χ0) is 21.1. The minimum atomic E-state index is -4.68. The molecule has 1 saturated heterocycles. The number of primary amides is 1. The van der Waals surface area contributed by atoms with E-state index in [0.29, 0.717) is 6.54 Å². The molecule has 152 valence electrons. The van der Waals surface area contributed by atoms with E-state index in [4.69, 9.17) is 11.0 Å². The Morgan fingerprint density at radius 2 is 2.04 bits per heavy atom. The molecule has 0 bridgehead atoms. The lowest BCUT2D eigenvalue weighted by molar-refractivity contribution is -0.137. The summed E-state index contributed by atoms with van der Waals surface area (Å²) in [5.41, 5.74) is 4.12. The minimum absolute atomic E-state index is 0.0341. The van der Waals surface area contributed by atoms with Crippen LogP contribution < -0.4 is 16.0 Å². The monoisotopic (exact) mass is 397 g/mol. The van der Waals surface area contributed by atoms with Gasteiger partial charge in [-0.3, -0.25) is 4.79 Å². The fourth-order valence-corrected chi connectivity index (χ4v) is 2.96. The summed E-state index contributed by atoms with van der Waals surface area (Å²) in [6, 6.07) is 3.48. The average Bonchev–Trinajstić information content (AvgIpc) is 2.64. The highest BCUT2D eigenvalue weighted by molar-refractivity contribution is 5.87. The molecule has 1 atom stereocenters. The summed E-state index contributed by atoms with van der Waals surface area (Å²) in [6.07, 6.45) is -4.68. The topological polar surface area (TPSA) is 102 Å². The van der Waals surface area contributed by atoms with Crippen molar-refractivity contribution in [2.24, 2.45) is 11.7 Å². The molecule has 3 amide bonds. The number of urea groups is 1. The molecule has 28 heavy (non-hydrogen) atoms. The first-order chi connectivity index (χ1) is 13.0. The van der Waals surface area contributed by atoms with Crippen molar-refractivity contribution in [1.82, 2.24) is 10.2 Å². The Hall–Kier alpha value is -2.96. The van der Waals surface area contributed by atoms with Crippen molar-refractivity contribution in [2.75, 3.05) is 31.1 Å². The second-order valence-corrected chi connectivity index (χ2v) is 6.98. The maximum absolute atomic E-state index is 13.2. The van der Waals surface area contributed by atoms with Crippen molar-refractivity contribution in [3.8, 4) is 6.07 Å². The number of hydrogen-bond donors (Lipinski definition) is 2. The SMILES string of the molecule is CC(C)CNC(=O)N1CCN(c2ccc(C#N)c(C(F)(F)F)c2)CC1C(N)=O. The van der Waals surface area contributed by atoms with Crippen molar-refractivity contribution in [3.63, 3.8) is 0 Å². The summed E-state index contributed by atoms with van der Waals surface area (Å²) in [6.45, 7) is 4.59. The van der Waals surface area contributed by atoms with Gasteiger partial charge in [0.05, 0.1) is 17.2 Å². The molecule has 1 aliphatic heterocycles. The second kappa shape index (κ2) is 8.37. The van der Waals surface area contributed by atoms with Crippen molar-refractivity contribution in [1.29, 1.82) is 5.26 Å². The van der Waals surface area contributed by atoms with Crippen molar-refractivity contribution < 1.29 is 22.8 Å². The molecule has 0 aromatic heterocycles. The molecule has 7 nitrogen and oxygen atoms in total. The van der Waals surface area contributed by atoms with E-state index in [0.717, 1.165) is 12.1 Å². The van der Waals surface area contributed by atoms with E-state index in [1.807, 2.05) is 13.8 Å². The van der Waals surface area contributed by atoms with Crippen LogP contribution in [0.1, 0.15) is 25.0 Å². The van der Waals surface area contributed by atoms with Crippen molar-refractivity contribution in [2.45, 2.75) is 26.1 Å². The highest BCUT2D eigenvalue weighted by Crippen LogP contribution is 2.34. The van der Waals surface area contributed by atoms with Crippen LogP contribution in [0.3, 0.4) is 0 Å². The van der Waals surface area contributed by atoms with E-state index in [1.165, 1.54) is 17.0 Å². The van der Waals surface area contributed by atoms with Gasteiger partial charge in [-0.05, 0) is 24.1 Å². The number of carbonyl (C=O) groups is 2. The van der Waals surface area contributed by atoms with Gasteiger partial charge in [0.15, 0.2) is 0 Å². The number of nitrogens with one attached hydrogen (secondary N) is 1. The predicted octanol–water partition coefficient (Wildman–Crippen LogP) is 1.92. The number of rotatable bonds is 4. The highest BCUT2D eigenvalue weighted by atomic mass is 19.4. The Morgan fingerprint density at radius 3 is 2.57 bits per heavy atom. The Morgan fingerprint density at radius 1 is 1.36 bits per heavy atom. The molecular formula is C18H22F3N5O2. The van der Waals surface area contributed by atoms with E-state index in [1.54, 1.807) is 4.90 Å². The average molecular weight is 397 g/mol. The van der Waals surface area contributed by atoms with Gasteiger partial charge in [-0.1, -0.05) is 13.8 Å². The van der Waals surface area contributed by atoms with Gasteiger partial charge in [-0.25, -0.2) is 4.79 Å². The number of anilines is 1. The summed E-state index contributed by atoms with van der Waals surface area (Å²) in [5.74, 6) is -0.522. The zero-order valence-electron chi connectivity index (χ0n) is 15.6. The lowest BCUT2D eigenvalue weighted by Crippen LogP contribution is -2.62. The first-order valence-corrected chi connectivity index (χ1v) is 8.74. The molecular weight excluding hydrogens is 375 g/mol. The van der Waals surface area contributed by atoms with Crippen LogP contribution in [0.5, 0.6) is 0 Å². The van der Waals surface area contributed by atoms with E-state index in [-0.39, 0.29) is 31.2 Å². The number of piperazine rings is 1. The normalized spacial score (nSPS) is 17.4. The Bertz CT molecular complexity index is 788. The molecule has 0 aliphatic carbocycles. The summed E-state index contributed by atoms with van der Waals surface area (Å²) >= 11 is 0. The summed E-state index contributed by atoms with van der Waals surface area (Å²) < 4.78 is 39.6. The molecule has 1 aromatic carbocycles. The molecule has 1 aliphatic rings. The molecule has 2 rings (SSSR count). The van der Waals surface area contributed by atoms with Crippen LogP contribution >= 0.6 is 0 Å². The molecule has 1 aromatic rings. The van der Waals surface area contributed by atoms with E-state index >= 15 is 0 Å². The van der Waals surface area contributed by atoms with Crippen LogP contribution in [0.2, 0.25) is 0 Å². The number of amides is 3. The van der Waals surface area contributed by atoms with Crippen LogP contribution in [0.4, 0.5) is 23.7 Å². The van der Waals surface area contributed by atoms with E-state index in [2.05, 4.69) is 5.32 Å². The fraction of sp³-hybridized carbons (Fsp3) is 0.500. The largest absolute Gasteiger partial charge is 0.417 e. The first kappa shape index (κ1) is 21.3. The van der Waals surface area contributed by atoms with Crippen LogP contribution in [0.15, 0.2) is 18.2 Å². The molecule has 3 N–H and O–H groups in total. The highest BCUT2D eigenvalue weighted by Gasteiger charge is 2.37. The van der Waals surface area contributed by atoms with Crippen molar-refractivity contribution in [3.05, 3.63) is 29.3 Å². The van der Waals surface area contributed by atoms with E-state index < -0.39 is 35.3 Å². The van der Waals surface area contributed by atoms with Gasteiger partial charge in [0.25, 0.3) is 0 Å². The van der Waals surface area contributed by atoms with Crippen LogP contribution in [0.25, 0.3) is 0 Å². The number of benzene rings is 1. The zero-order valence-corrected chi connectivity index (χ0v) is 15.6. The standard InChI is InChI=1S/C18H22F3N5O2/c1-11(2)9-24-17(28)26-6-5-25(10-15(26)16(23)27)13-4-3-12(8-22)14(7-13)18(19,20)21/h3-4,7,11,15H,5-6,9-10H2,1-2H3,(H2,23,27)(H,24,28). The summed E-state index contributed by atoms with van der Waals surface area (Å²) in [4.78, 5) is 27.0. The maximum Gasteiger partial charge on any atom is 0.417 e. The number of carbonyl (C=O) groups excluding carboxylic acids is 2. The number of nitrogens with two attached hydrogens (primary N) is 1. The van der Waals surface area contributed by atoms with E-state index in [9.17, 15) is 22.8 Å². The number of nitriles is 1. The van der Waals surface area contributed by atoms with Gasteiger partial charge < -0.3 is 20.9 Å². The Balaban J connectivity index is 2.24. The van der Waals surface area contributed by atoms with Gasteiger partial charge in [0, 0.05) is 31.9 Å². The van der Waals surface area contributed by atoms with Gasteiger partial charge in [-0.2, -0.15) is 18.4 Å². The van der Waals surface area contributed by atoms with Gasteiger partial charge in [0.2, 0.25) is 5.91 Å². The van der Waals surface area contributed by atoms with Crippen LogP contribution in [0, 0.1) is 17.2 Å². The molecule has 0 saturated carbocycles. The van der Waals surface area contributed by atoms with Crippen molar-refractivity contribution >= 4 is 17.6 Å². The van der Waals surface area contributed by atoms with Gasteiger partial charge in [-0.15, -0.1) is 0 Å². The Labute approximate surface area is 160 Å². The fourth-order valence-electron chi connectivity index (χ4n) is 2.96. The third kappa shape index (κ3) is 4.85. The quantitative estimate of drug-likeness (QED) is 0.810. The molecule has 1 fully saturated rings. The number of nitrogens with zero attached hydrogens (tertiary/aromatic N) is 3. The second-order valence-electron chi connectivity index (χ2n) is 6.98. The summed E-state index contributed by atoms with van der Waals surface area (Å²) in [5, 5.41) is 11.6. The lowest BCUT2D eigenvalue weighted by Gasteiger charge is -2.41. The molecule has 10 heteroatoms. The number of halogens is 3. The third-order valence-electron chi connectivity index (χ3n) is 4.43. The lowest BCUT2D eigenvalue weighted by atomic mass is 10.0. The van der Waals surface area contributed by atoms with Gasteiger partial charge >= 0.3 is 12.2 Å². The summed E-state index contributed by atoms with van der Waals surface area (Å²) in [7, 11) is 0. The predicted molar refractivity (Wildman–Crippen MR) is 96.3 cm³/mol. The van der Waals surface area contributed by atoms with Crippen LogP contribution in [-0.2, 0) is 11.0 Å². The third-order valence-corrected chi connectivity index (χ3v) is 4.43. The smallest absolute Gasteiger partial charge is 0.368 e. The van der Waals surface area contributed by atoms with Crippen LogP contribution in [-0.4, -0.2) is 49.1 Å². The number of alkyl halides is 3. The molecule has 1 heterocycles. The first-order valence-electron chi connectivity index (χ1n) is 8.74. The molecule has 1 unspecified atom stereocenters. The van der Waals surface area contributed by atoms with Gasteiger partial charge in [0.1, 0.15) is 6.04 Å². The Kier molecular flexibility index (Phi) is 6.38. The number of hydrogen-bond acceptors (Lipinski definition) is 4.